The van der Waals surface area contributed by atoms with Crippen LogP contribution < -0.4 is 0 Å². The molecule has 5 rings (SSSR count). The highest BCUT2D eigenvalue weighted by molar-refractivity contribution is 7.19. The van der Waals surface area contributed by atoms with E-state index in [4.69, 9.17) is 0 Å². The summed E-state index contributed by atoms with van der Waals surface area (Å²) >= 11 is 1.19. The van der Waals surface area contributed by atoms with E-state index in [1.54, 1.807) is 6.92 Å². The Balaban J connectivity index is 1.75. The Morgan fingerprint density at radius 1 is 0.967 bits per heavy atom. The molecule has 2 aromatic heterocycles. The van der Waals surface area contributed by atoms with Crippen molar-refractivity contribution < 1.29 is 13.2 Å². The highest BCUT2D eigenvalue weighted by atomic mass is 32.1. The van der Waals surface area contributed by atoms with Gasteiger partial charge >= 0.3 is 6.18 Å². The van der Waals surface area contributed by atoms with Gasteiger partial charge < -0.3 is 0 Å². The molecule has 1 nitrogen and oxygen atoms in total. The molecule has 0 amide bonds. The summed E-state index contributed by atoms with van der Waals surface area (Å²) in [6, 6.07) is 14.1. The van der Waals surface area contributed by atoms with Crippen LogP contribution in [-0.4, -0.2) is 4.98 Å². The zero-order valence-corrected chi connectivity index (χ0v) is 17.5. The predicted octanol–water partition coefficient (Wildman–Crippen LogP) is 8.49. The van der Waals surface area contributed by atoms with Crippen molar-refractivity contribution in [2.45, 2.75) is 51.1 Å². The first-order chi connectivity index (χ1) is 14.4. The zero-order valence-electron chi connectivity index (χ0n) is 16.7. The summed E-state index contributed by atoms with van der Waals surface area (Å²) in [7, 11) is 0. The molecule has 1 fully saturated rings. The summed E-state index contributed by atoms with van der Waals surface area (Å²) in [5.41, 5.74) is 2.35. The first kappa shape index (κ1) is 19.6. The molecule has 1 aliphatic rings. The fraction of sp³-hybridized carbons (Fsp3) is 0.320. The maximum absolute atomic E-state index is 13.6. The number of pyridine rings is 1. The van der Waals surface area contributed by atoms with E-state index in [0.29, 0.717) is 21.2 Å². The highest BCUT2D eigenvalue weighted by Crippen LogP contribution is 2.45. The first-order valence-electron chi connectivity index (χ1n) is 10.4. The maximum atomic E-state index is 13.6. The molecular formula is C25H22F3NS. The van der Waals surface area contributed by atoms with Crippen molar-refractivity contribution in [2.24, 2.45) is 0 Å². The van der Waals surface area contributed by atoms with Crippen LogP contribution in [-0.2, 0) is 6.18 Å². The van der Waals surface area contributed by atoms with Crippen LogP contribution in [0.15, 0.2) is 48.7 Å². The lowest BCUT2D eigenvalue weighted by atomic mass is 9.81. The SMILES string of the molecule is Cc1sc2c(-c3cc(C4CCCCC4)c4ccccc4c3)nccc2c1C(F)(F)F. The Kier molecular flexibility index (Phi) is 4.81. The molecule has 0 atom stereocenters. The monoisotopic (exact) mass is 425 g/mol. The van der Waals surface area contributed by atoms with Gasteiger partial charge in [-0.05, 0) is 60.2 Å². The molecule has 0 aliphatic heterocycles. The highest BCUT2D eigenvalue weighted by Gasteiger charge is 2.36. The Morgan fingerprint density at radius 2 is 1.73 bits per heavy atom. The summed E-state index contributed by atoms with van der Waals surface area (Å²) in [6.07, 6.45) is 3.23. The molecule has 30 heavy (non-hydrogen) atoms. The molecule has 154 valence electrons. The number of alkyl halides is 3. The van der Waals surface area contributed by atoms with Gasteiger partial charge in [0.15, 0.2) is 0 Å². The number of fused-ring (bicyclic) bond motifs is 2. The predicted molar refractivity (Wildman–Crippen MR) is 118 cm³/mol. The molecule has 0 spiro atoms. The number of rotatable bonds is 2. The zero-order chi connectivity index (χ0) is 20.9. The van der Waals surface area contributed by atoms with E-state index in [9.17, 15) is 13.2 Å². The quantitative estimate of drug-likeness (QED) is 0.314. The number of aromatic nitrogens is 1. The van der Waals surface area contributed by atoms with Gasteiger partial charge in [0.25, 0.3) is 0 Å². The van der Waals surface area contributed by atoms with Crippen LogP contribution in [0.25, 0.3) is 32.1 Å². The molecule has 0 unspecified atom stereocenters. The molecule has 2 heterocycles. The molecule has 0 radical (unpaired) electrons. The second kappa shape index (κ2) is 7.38. The van der Waals surface area contributed by atoms with E-state index >= 15 is 0 Å². The van der Waals surface area contributed by atoms with Gasteiger partial charge in [-0.15, -0.1) is 11.3 Å². The van der Waals surface area contributed by atoms with E-state index in [-0.39, 0.29) is 5.39 Å². The van der Waals surface area contributed by atoms with Crippen LogP contribution in [0.2, 0.25) is 0 Å². The van der Waals surface area contributed by atoms with Gasteiger partial charge in [-0.25, -0.2) is 0 Å². The minimum atomic E-state index is -4.36. The minimum Gasteiger partial charge on any atom is -0.255 e. The van der Waals surface area contributed by atoms with Crippen LogP contribution in [0.3, 0.4) is 0 Å². The maximum Gasteiger partial charge on any atom is 0.418 e. The van der Waals surface area contributed by atoms with Crippen molar-refractivity contribution >= 4 is 32.2 Å². The van der Waals surface area contributed by atoms with Crippen LogP contribution in [0, 0.1) is 6.92 Å². The van der Waals surface area contributed by atoms with E-state index in [1.807, 2.05) is 6.07 Å². The number of hydrogen-bond acceptors (Lipinski definition) is 2. The standard InChI is InChI=1S/C25H22F3NS/c1-15-22(25(26,27)28)20-11-12-29-23(24(20)30-15)18-13-17-9-5-6-10-19(17)21(14-18)16-7-3-2-4-8-16/h5-6,9-14,16H,2-4,7-8H2,1H3. The van der Waals surface area contributed by atoms with Crippen molar-refractivity contribution in [3.8, 4) is 11.3 Å². The van der Waals surface area contributed by atoms with Gasteiger partial charge in [-0.1, -0.05) is 43.5 Å². The molecule has 1 saturated carbocycles. The second-order valence-electron chi connectivity index (χ2n) is 8.19. The number of halogens is 3. The van der Waals surface area contributed by atoms with Crippen LogP contribution in [0.5, 0.6) is 0 Å². The van der Waals surface area contributed by atoms with Crippen LogP contribution >= 0.6 is 11.3 Å². The summed E-state index contributed by atoms with van der Waals surface area (Å²) in [5, 5.41) is 2.62. The molecule has 5 heteroatoms. The van der Waals surface area contributed by atoms with Crippen molar-refractivity contribution in [1.82, 2.24) is 4.98 Å². The molecular weight excluding hydrogens is 403 g/mol. The average Bonchev–Trinajstić information content (AvgIpc) is 3.09. The molecule has 0 N–H and O–H groups in total. The van der Waals surface area contributed by atoms with Crippen molar-refractivity contribution in [2.75, 3.05) is 0 Å². The first-order valence-corrected chi connectivity index (χ1v) is 11.2. The van der Waals surface area contributed by atoms with E-state index in [0.717, 1.165) is 10.9 Å². The number of aryl methyl sites for hydroxylation is 1. The lowest BCUT2D eigenvalue weighted by molar-refractivity contribution is -0.136. The Bertz CT molecular complexity index is 1230. The van der Waals surface area contributed by atoms with E-state index in [1.165, 1.54) is 66.7 Å². The van der Waals surface area contributed by atoms with Crippen LogP contribution in [0.1, 0.15) is 54.0 Å². The minimum absolute atomic E-state index is 0.252. The van der Waals surface area contributed by atoms with Crippen molar-refractivity contribution in [1.29, 1.82) is 0 Å². The van der Waals surface area contributed by atoms with Gasteiger partial charge in [0, 0.05) is 22.0 Å². The largest absolute Gasteiger partial charge is 0.418 e. The van der Waals surface area contributed by atoms with Gasteiger partial charge in [0.2, 0.25) is 0 Å². The summed E-state index contributed by atoms with van der Waals surface area (Å²) in [6.45, 7) is 1.55. The Labute approximate surface area is 177 Å². The van der Waals surface area contributed by atoms with Gasteiger partial charge in [-0.2, -0.15) is 13.2 Å². The summed E-state index contributed by atoms with van der Waals surface area (Å²) in [5.74, 6) is 0.499. The number of hydrogen-bond donors (Lipinski definition) is 0. The third-order valence-electron chi connectivity index (χ3n) is 6.28. The lowest BCUT2D eigenvalue weighted by Gasteiger charge is -2.24. The van der Waals surface area contributed by atoms with E-state index in [2.05, 4.69) is 35.3 Å². The van der Waals surface area contributed by atoms with Gasteiger partial charge in [0.05, 0.1) is 16.0 Å². The number of thiophene rings is 1. The molecule has 0 bridgehead atoms. The van der Waals surface area contributed by atoms with Crippen LogP contribution in [0.4, 0.5) is 13.2 Å². The lowest BCUT2D eigenvalue weighted by Crippen LogP contribution is -2.06. The topological polar surface area (TPSA) is 12.9 Å². The molecule has 4 aromatic rings. The number of nitrogens with zero attached hydrogens (tertiary/aromatic N) is 1. The molecule has 2 aromatic carbocycles. The normalized spacial score (nSPS) is 15.9. The fourth-order valence-corrected chi connectivity index (χ4v) is 6.11. The number of benzene rings is 2. The Morgan fingerprint density at radius 3 is 2.50 bits per heavy atom. The second-order valence-corrected chi connectivity index (χ2v) is 9.41. The Hall–Kier alpha value is -2.40. The van der Waals surface area contributed by atoms with E-state index < -0.39 is 11.7 Å². The summed E-state index contributed by atoms with van der Waals surface area (Å²) in [4.78, 5) is 4.84. The third kappa shape index (κ3) is 3.29. The van der Waals surface area contributed by atoms with Crippen molar-refractivity contribution in [3.63, 3.8) is 0 Å². The van der Waals surface area contributed by atoms with Gasteiger partial charge in [0.1, 0.15) is 0 Å². The smallest absolute Gasteiger partial charge is 0.255 e. The molecule has 0 saturated heterocycles. The van der Waals surface area contributed by atoms with Gasteiger partial charge in [-0.3, -0.25) is 4.98 Å². The fourth-order valence-electron chi connectivity index (χ4n) is 4.93. The molecule has 1 aliphatic carbocycles. The third-order valence-corrected chi connectivity index (χ3v) is 7.40. The average molecular weight is 426 g/mol. The summed E-state index contributed by atoms with van der Waals surface area (Å²) < 4.78 is 41.6. The van der Waals surface area contributed by atoms with Crippen molar-refractivity contribution in [3.05, 3.63) is 64.7 Å².